The van der Waals surface area contributed by atoms with Gasteiger partial charge in [0.05, 0.1) is 29.3 Å². The van der Waals surface area contributed by atoms with Crippen molar-refractivity contribution >= 4 is 51.5 Å². The second-order valence-electron chi connectivity index (χ2n) is 8.75. The number of benzene rings is 1. The van der Waals surface area contributed by atoms with Gasteiger partial charge in [-0.3, -0.25) is 14.2 Å². The van der Waals surface area contributed by atoms with Crippen molar-refractivity contribution in [2.75, 3.05) is 5.75 Å². The van der Waals surface area contributed by atoms with Crippen molar-refractivity contribution in [2.24, 2.45) is 5.10 Å². The van der Waals surface area contributed by atoms with E-state index in [4.69, 9.17) is 9.40 Å². The predicted octanol–water partition coefficient (Wildman–Crippen LogP) is 5.53. The number of nitrogens with zero attached hydrogens (tertiary/aromatic N) is 3. The van der Waals surface area contributed by atoms with Crippen molar-refractivity contribution < 1.29 is 9.21 Å². The number of aryl methyl sites for hydroxylation is 3. The summed E-state index contributed by atoms with van der Waals surface area (Å²) in [5.74, 6) is 0.511. The van der Waals surface area contributed by atoms with Crippen LogP contribution in [0.4, 0.5) is 0 Å². The van der Waals surface area contributed by atoms with Crippen LogP contribution in [0.3, 0.4) is 0 Å². The number of furan rings is 1. The van der Waals surface area contributed by atoms with Gasteiger partial charge in [-0.1, -0.05) is 29.5 Å². The fourth-order valence-electron chi connectivity index (χ4n) is 4.21. The predicted molar refractivity (Wildman–Crippen MR) is 146 cm³/mol. The van der Waals surface area contributed by atoms with Crippen molar-refractivity contribution in [1.82, 2.24) is 15.0 Å². The van der Waals surface area contributed by atoms with E-state index in [0.29, 0.717) is 10.9 Å². The van der Waals surface area contributed by atoms with Crippen LogP contribution in [0, 0.1) is 6.92 Å². The van der Waals surface area contributed by atoms with Crippen LogP contribution in [0.2, 0.25) is 0 Å². The number of rotatable bonds is 7. The summed E-state index contributed by atoms with van der Waals surface area (Å²) in [6.45, 7) is 3.88. The summed E-state index contributed by atoms with van der Waals surface area (Å²) in [5, 5.41) is 5.26. The molecule has 9 heteroatoms. The molecule has 1 amide bonds. The fourth-order valence-corrected chi connectivity index (χ4v) is 6.32. The molecular weight excluding hydrogens is 492 g/mol. The lowest BCUT2D eigenvalue weighted by molar-refractivity contribution is -0.118. The van der Waals surface area contributed by atoms with Crippen LogP contribution in [0.1, 0.15) is 41.5 Å². The second-order valence-corrected chi connectivity index (χ2v) is 10.8. The highest BCUT2D eigenvalue weighted by Gasteiger charge is 2.23. The summed E-state index contributed by atoms with van der Waals surface area (Å²) < 4.78 is 6.92. The number of fused-ring (bicyclic) bond motifs is 3. The summed E-state index contributed by atoms with van der Waals surface area (Å²) in [7, 11) is 0. The molecule has 0 unspecified atom stereocenters. The number of allylic oxidation sites excluding steroid dienone is 1. The third kappa shape index (κ3) is 5.22. The van der Waals surface area contributed by atoms with E-state index in [-0.39, 0.29) is 17.2 Å². The molecule has 0 bridgehead atoms. The van der Waals surface area contributed by atoms with Crippen LogP contribution in [0.15, 0.2) is 67.7 Å². The van der Waals surface area contributed by atoms with Gasteiger partial charge in [0, 0.05) is 4.88 Å². The Labute approximate surface area is 216 Å². The van der Waals surface area contributed by atoms with Gasteiger partial charge in [0.1, 0.15) is 10.6 Å². The smallest absolute Gasteiger partial charge is 0.267 e. The first-order valence-corrected chi connectivity index (χ1v) is 13.6. The number of thiophene rings is 1. The van der Waals surface area contributed by atoms with Gasteiger partial charge in [0.2, 0.25) is 0 Å². The highest BCUT2D eigenvalue weighted by Crippen LogP contribution is 2.35. The van der Waals surface area contributed by atoms with Crippen molar-refractivity contribution in [3.8, 4) is 5.69 Å². The Bertz CT molecular complexity index is 1510. The molecule has 4 aromatic rings. The third-order valence-corrected chi connectivity index (χ3v) is 8.08. The van der Waals surface area contributed by atoms with Gasteiger partial charge in [0.25, 0.3) is 11.5 Å². The number of nitrogens with one attached hydrogen (secondary N) is 1. The van der Waals surface area contributed by atoms with E-state index in [0.717, 1.165) is 58.3 Å². The number of amides is 1. The number of hydrogen-bond donors (Lipinski definition) is 1. The lowest BCUT2D eigenvalue weighted by Gasteiger charge is -2.13. The molecule has 0 spiro atoms. The Morgan fingerprint density at radius 2 is 2.06 bits per heavy atom. The van der Waals surface area contributed by atoms with Gasteiger partial charge in [-0.15, -0.1) is 11.3 Å². The number of carbonyl (C=O) groups is 1. The molecule has 1 N–H and O–H groups in total. The minimum Gasteiger partial charge on any atom is -0.465 e. The van der Waals surface area contributed by atoms with Gasteiger partial charge in [-0.2, -0.15) is 5.10 Å². The zero-order valence-electron chi connectivity index (χ0n) is 20.1. The van der Waals surface area contributed by atoms with Gasteiger partial charge in [0.15, 0.2) is 5.16 Å². The Morgan fingerprint density at radius 1 is 1.25 bits per heavy atom. The van der Waals surface area contributed by atoms with Crippen LogP contribution in [-0.2, 0) is 17.6 Å². The van der Waals surface area contributed by atoms with Crippen LogP contribution >= 0.6 is 23.1 Å². The van der Waals surface area contributed by atoms with Crippen molar-refractivity contribution in [2.45, 2.75) is 44.7 Å². The molecule has 7 nitrogen and oxygen atoms in total. The summed E-state index contributed by atoms with van der Waals surface area (Å²) in [6.07, 6.45) is 9.14. The number of carbonyl (C=O) groups excluding carboxylic acids is 1. The molecule has 1 aliphatic rings. The summed E-state index contributed by atoms with van der Waals surface area (Å²) in [5.41, 5.74) is 6.32. The maximum absolute atomic E-state index is 13.8. The standard InChI is InChI=1S/C27H26N4O3S2/c1-17-9-11-19(12-10-17)31-26(33)24-21-7-3-4-8-22(21)36-25(24)29-27(31)35-16-23(32)30-28-15-18(2)14-20-6-5-13-34-20/h5-6,9-15H,3-4,7-8,16H2,1-2H3,(H,30,32)/b18-14-,28-15+. The van der Waals surface area contributed by atoms with E-state index in [9.17, 15) is 9.59 Å². The average molecular weight is 519 g/mol. The average Bonchev–Trinajstić information content (AvgIpc) is 3.51. The highest BCUT2D eigenvalue weighted by molar-refractivity contribution is 7.99. The Balaban J connectivity index is 1.39. The number of thioether (sulfide) groups is 1. The largest absolute Gasteiger partial charge is 0.465 e. The summed E-state index contributed by atoms with van der Waals surface area (Å²) >= 11 is 2.85. The number of aromatic nitrogens is 2. The first-order chi connectivity index (χ1) is 17.5. The highest BCUT2D eigenvalue weighted by atomic mass is 32.2. The number of hydrogen-bond acceptors (Lipinski definition) is 7. The van der Waals surface area contributed by atoms with E-state index in [1.807, 2.05) is 56.3 Å². The third-order valence-electron chi connectivity index (χ3n) is 5.95. The molecule has 1 aliphatic carbocycles. The maximum Gasteiger partial charge on any atom is 0.267 e. The molecule has 0 saturated carbocycles. The molecule has 3 heterocycles. The fraction of sp³-hybridized carbons (Fsp3) is 0.259. The van der Waals surface area contributed by atoms with Crippen molar-refractivity contribution in [3.05, 3.63) is 80.4 Å². The SMILES string of the molecule is CC(=C/c1ccco1)/C=N/NC(=O)CSc1nc2sc3c(c2c(=O)n1-c1ccc(C)cc1)CCCC3. The van der Waals surface area contributed by atoms with Crippen LogP contribution in [-0.4, -0.2) is 27.4 Å². The normalized spacial score (nSPS) is 13.9. The van der Waals surface area contributed by atoms with Crippen LogP contribution in [0.25, 0.3) is 22.0 Å². The molecule has 3 aromatic heterocycles. The van der Waals surface area contributed by atoms with E-state index in [2.05, 4.69) is 10.5 Å². The first kappa shape index (κ1) is 24.3. The lowest BCUT2D eigenvalue weighted by Crippen LogP contribution is -2.24. The second kappa shape index (κ2) is 10.7. The van der Waals surface area contributed by atoms with Crippen LogP contribution in [0.5, 0.6) is 0 Å². The van der Waals surface area contributed by atoms with E-state index >= 15 is 0 Å². The molecule has 0 atom stereocenters. The molecule has 1 aromatic carbocycles. The topological polar surface area (TPSA) is 89.5 Å². The maximum atomic E-state index is 13.8. The molecule has 36 heavy (non-hydrogen) atoms. The molecule has 0 fully saturated rings. The van der Waals surface area contributed by atoms with Crippen LogP contribution < -0.4 is 11.0 Å². The van der Waals surface area contributed by atoms with Gasteiger partial charge in [-0.05, 0) is 81.0 Å². The number of hydrazone groups is 1. The zero-order chi connectivity index (χ0) is 25.1. The van der Waals surface area contributed by atoms with Crippen molar-refractivity contribution in [3.63, 3.8) is 0 Å². The first-order valence-electron chi connectivity index (χ1n) is 11.8. The Hall–Kier alpha value is -3.43. The monoisotopic (exact) mass is 518 g/mol. The van der Waals surface area contributed by atoms with E-state index in [1.54, 1.807) is 28.4 Å². The quantitative estimate of drug-likeness (QED) is 0.150. The van der Waals surface area contributed by atoms with Crippen molar-refractivity contribution in [1.29, 1.82) is 0 Å². The molecule has 0 aliphatic heterocycles. The summed E-state index contributed by atoms with van der Waals surface area (Å²) in [4.78, 5) is 33.2. The van der Waals surface area contributed by atoms with E-state index < -0.39 is 0 Å². The molecule has 0 radical (unpaired) electrons. The van der Waals surface area contributed by atoms with E-state index in [1.165, 1.54) is 16.6 Å². The minimum atomic E-state index is -0.280. The molecule has 0 saturated heterocycles. The molecule has 5 rings (SSSR count). The Morgan fingerprint density at radius 3 is 2.83 bits per heavy atom. The Kier molecular flexibility index (Phi) is 7.20. The minimum absolute atomic E-state index is 0.0668. The van der Waals surface area contributed by atoms with Gasteiger partial charge >= 0.3 is 0 Å². The molecule has 184 valence electrons. The van der Waals surface area contributed by atoms with Gasteiger partial charge < -0.3 is 4.42 Å². The summed E-state index contributed by atoms with van der Waals surface area (Å²) in [6, 6.07) is 11.4. The molecular formula is C27H26N4O3S2. The van der Waals surface area contributed by atoms with Gasteiger partial charge in [-0.25, -0.2) is 10.4 Å². The lowest BCUT2D eigenvalue weighted by atomic mass is 9.97. The zero-order valence-corrected chi connectivity index (χ0v) is 21.7.